The van der Waals surface area contributed by atoms with Crippen LogP contribution < -0.4 is 15.2 Å². The molecule has 0 spiro atoms. The Kier molecular flexibility index (Phi) is 4.24. The average Bonchev–Trinajstić information content (AvgIpc) is 2.35. The first kappa shape index (κ1) is 13.2. The molecule has 4 N–H and O–H groups in total. The summed E-state index contributed by atoms with van der Waals surface area (Å²) < 4.78 is 9.95. The summed E-state index contributed by atoms with van der Waals surface area (Å²) in [6.07, 6.45) is -0.0497. The minimum absolute atomic E-state index is 0.0774. The predicted molar refractivity (Wildman–Crippen MR) is 57.9 cm³/mol. The molecule has 0 aliphatic rings. The van der Waals surface area contributed by atoms with Crippen LogP contribution in [-0.4, -0.2) is 41.4 Å². The molecule has 1 heterocycles. The number of aliphatic carboxylic acids is 1. The Morgan fingerprint density at radius 1 is 1.47 bits per heavy atom. The third-order valence-electron chi connectivity index (χ3n) is 2.25. The largest absolute Gasteiger partial charge is 0.496 e. The number of rotatable bonds is 5. The third kappa shape index (κ3) is 2.63. The second-order valence-electron chi connectivity index (χ2n) is 3.25. The maximum atomic E-state index is 10.7. The van der Waals surface area contributed by atoms with Crippen LogP contribution in [0.1, 0.15) is 11.7 Å². The van der Waals surface area contributed by atoms with E-state index in [4.69, 9.17) is 20.3 Å². The van der Waals surface area contributed by atoms with Crippen LogP contribution >= 0.6 is 0 Å². The van der Waals surface area contributed by atoms with Crippen LogP contribution in [0.5, 0.6) is 11.6 Å². The van der Waals surface area contributed by atoms with E-state index in [-0.39, 0.29) is 17.2 Å². The van der Waals surface area contributed by atoms with Crippen LogP contribution in [-0.2, 0) is 4.79 Å². The number of carboxylic acid groups (broad SMARTS) is 1. The number of nitrogens with zero attached hydrogens (tertiary/aromatic N) is 1. The lowest BCUT2D eigenvalue weighted by Gasteiger charge is -2.19. The summed E-state index contributed by atoms with van der Waals surface area (Å²) in [7, 11) is 2.74. The first-order chi connectivity index (χ1) is 8.02. The van der Waals surface area contributed by atoms with Crippen LogP contribution in [0, 0.1) is 0 Å². The van der Waals surface area contributed by atoms with Crippen molar-refractivity contribution in [2.24, 2.45) is 5.73 Å². The molecule has 0 aromatic carbocycles. The Morgan fingerprint density at radius 2 is 2.12 bits per heavy atom. The average molecular weight is 242 g/mol. The molecule has 0 aliphatic heterocycles. The van der Waals surface area contributed by atoms with Gasteiger partial charge in [-0.1, -0.05) is 0 Å². The standard InChI is InChI=1S/C10H14N2O5/c1-16-5-3-4-12-9(17-2)6(5)8(13)7(11)10(14)15/h3-4,7-8,13H,11H2,1-2H3,(H,14,15). The summed E-state index contributed by atoms with van der Waals surface area (Å²) >= 11 is 0. The number of methoxy groups -OCH3 is 2. The highest BCUT2D eigenvalue weighted by Gasteiger charge is 2.29. The summed E-state index contributed by atoms with van der Waals surface area (Å²) in [5.74, 6) is -0.986. The summed E-state index contributed by atoms with van der Waals surface area (Å²) in [4.78, 5) is 14.6. The van der Waals surface area contributed by atoms with Crippen molar-refractivity contribution >= 4 is 5.97 Å². The van der Waals surface area contributed by atoms with Gasteiger partial charge in [-0.3, -0.25) is 4.79 Å². The highest BCUT2D eigenvalue weighted by molar-refractivity contribution is 5.74. The fourth-order valence-electron chi connectivity index (χ4n) is 1.36. The van der Waals surface area contributed by atoms with E-state index in [0.717, 1.165) is 0 Å². The summed E-state index contributed by atoms with van der Waals surface area (Å²) in [5.41, 5.74) is 5.47. The van der Waals surface area contributed by atoms with E-state index >= 15 is 0 Å². The molecule has 1 aromatic heterocycles. The number of carboxylic acids is 1. The quantitative estimate of drug-likeness (QED) is 0.640. The van der Waals surface area contributed by atoms with E-state index in [1.54, 1.807) is 0 Å². The van der Waals surface area contributed by atoms with Gasteiger partial charge in [0.2, 0.25) is 5.88 Å². The number of pyridine rings is 1. The Bertz CT molecular complexity index is 387. The predicted octanol–water partition coefficient (Wildman–Crippen LogP) is -0.456. The van der Waals surface area contributed by atoms with Gasteiger partial charge in [-0.15, -0.1) is 0 Å². The molecule has 0 saturated heterocycles. The van der Waals surface area contributed by atoms with Gasteiger partial charge in [0.1, 0.15) is 17.9 Å². The maximum absolute atomic E-state index is 10.7. The zero-order chi connectivity index (χ0) is 13.0. The number of hydrogen-bond acceptors (Lipinski definition) is 6. The number of carbonyl (C=O) groups is 1. The smallest absolute Gasteiger partial charge is 0.323 e. The number of ether oxygens (including phenoxy) is 2. The molecule has 0 aliphatic carbocycles. The summed E-state index contributed by atoms with van der Waals surface area (Å²) in [5, 5.41) is 18.6. The Labute approximate surface area is 97.8 Å². The lowest BCUT2D eigenvalue weighted by molar-refractivity contribution is -0.141. The molecule has 1 rings (SSSR count). The molecule has 1 aromatic rings. The zero-order valence-electron chi connectivity index (χ0n) is 9.45. The third-order valence-corrected chi connectivity index (χ3v) is 2.25. The molecule has 2 atom stereocenters. The van der Waals surface area contributed by atoms with Crippen molar-refractivity contribution < 1.29 is 24.5 Å². The number of nitrogens with two attached hydrogens (primary N) is 1. The molecular weight excluding hydrogens is 228 g/mol. The fourth-order valence-corrected chi connectivity index (χ4v) is 1.36. The molecule has 0 saturated carbocycles. The van der Waals surface area contributed by atoms with Gasteiger partial charge >= 0.3 is 5.97 Å². The van der Waals surface area contributed by atoms with Crippen molar-refractivity contribution in [1.82, 2.24) is 4.98 Å². The van der Waals surface area contributed by atoms with Gasteiger partial charge in [0.15, 0.2) is 0 Å². The molecule has 0 radical (unpaired) electrons. The SMILES string of the molecule is COc1ccnc(OC)c1C(O)C(N)C(=O)O. The number of aliphatic hydroxyl groups is 1. The van der Waals surface area contributed by atoms with E-state index in [1.807, 2.05) is 0 Å². The van der Waals surface area contributed by atoms with Gasteiger partial charge in [0.05, 0.1) is 19.8 Å². The summed E-state index contributed by atoms with van der Waals surface area (Å²) in [6.45, 7) is 0. The number of hydrogen-bond donors (Lipinski definition) is 3. The molecule has 7 nitrogen and oxygen atoms in total. The van der Waals surface area contributed by atoms with Gasteiger partial charge in [-0.2, -0.15) is 0 Å². The molecule has 7 heteroatoms. The lowest BCUT2D eigenvalue weighted by atomic mass is 10.0. The zero-order valence-corrected chi connectivity index (χ0v) is 9.45. The second kappa shape index (κ2) is 5.46. The van der Waals surface area contributed by atoms with Gasteiger partial charge < -0.3 is 25.4 Å². The first-order valence-electron chi connectivity index (χ1n) is 4.76. The maximum Gasteiger partial charge on any atom is 0.323 e. The Morgan fingerprint density at radius 3 is 2.59 bits per heavy atom. The van der Waals surface area contributed by atoms with Gasteiger partial charge in [0.25, 0.3) is 0 Å². The highest BCUT2D eigenvalue weighted by atomic mass is 16.5. The molecule has 94 valence electrons. The molecule has 0 bridgehead atoms. The van der Waals surface area contributed by atoms with Crippen LogP contribution in [0.4, 0.5) is 0 Å². The fraction of sp³-hybridized carbons (Fsp3) is 0.400. The Balaban J connectivity index is 3.22. The van der Waals surface area contributed by atoms with E-state index in [9.17, 15) is 9.90 Å². The van der Waals surface area contributed by atoms with E-state index in [0.29, 0.717) is 0 Å². The van der Waals surface area contributed by atoms with Crippen molar-refractivity contribution in [3.05, 3.63) is 17.8 Å². The lowest BCUT2D eigenvalue weighted by Crippen LogP contribution is -2.36. The molecule has 17 heavy (non-hydrogen) atoms. The topological polar surface area (TPSA) is 115 Å². The van der Waals surface area contributed by atoms with Gasteiger partial charge in [-0.25, -0.2) is 4.98 Å². The van der Waals surface area contributed by atoms with Crippen LogP contribution in [0.3, 0.4) is 0 Å². The number of aromatic nitrogens is 1. The highest BCUT2D eigenvalue weighted by Crippen LogP contribution is 2.33. The van der Waals surface area contributed by atoms with Crippen LogP contribution in [0.25, 0.3) is 0 Å². The summed E-state index contributed by atoms with van der Waals surface area (Å²) in [6, 6.07) is -0.00247. The van der Waals surface area contributed by atoms with Crippen LogP contribution in [0.15, 0.2) is 12.3 Å². The minimum Gasteiger partial charge on any atom is -0.496 e. The molecular formula is C10H14N2O5. The van der Waals surface area contributed by atoms with Crippen LogP contribution in [0.2, 0.25) is 0 Å². The normalized spacial score (nSPS) is 13.9. The van der Waals surface area contributed by atoms with Crippen molar-refractivity contribution in [3.63, 3.8) is 0 Å². The van der Waals surface area contributed by atoms with E-state index < -0.39 is 18.1 Å². The van der Waals surface area contributed by atoms with Crippen molar-refractivity contribution in [1.29, 1.82) is 0 Å². The van der Waals surface area contributed by atoms with Gasteiger partial charge in [-0.05, 0) is 6.07 Å². The van der Waals surface area contributed by atoms with Gasteiger partial charge in [0, 0.05) is 6.20 Å². The molecule has 2 unspecified atom stereocenters. The molecule has 0 fully saturated rings. The van der Waals surface area contributed by atoms with E-state index in [1.165, 1.54) is 26.5 Å². The second-order valence-corrected chi connectivity index (χ2v) is 3.25. The first-order valence-corrected chi connectivity index (χ1v) is 4.76. The van der Waals surface area contributed by atoms with E-state index in [2.05, 4.69) is 4.98 Å². The van der Waals surface area contributed by atoms with Crippen molar-refractivity contribution in [2.45, 2.75) is 12.1 Å². The van der Waals surface area contributed by atoms with Crippen molar-refractivity contribution in [3.8, 4) is 11.6 Å². The van der Waals surface area contributed by atoms with Crippen molar-refractivity contribution in [2.75, 3.05) is 14.2 Å². The number of aliphatic hydroxyl groups excluding tert-OH is 1. The monoisotopic (exact) mass is 242 g/mol. The minimum atomic E-state index is -1.48. The molecule has 0 amide bonds. The Hall–Kier alpha value is -1.86.